The van der Waals surface area contributed by atoms with E-state index in [9.17, 15) is 14.4 Å². The monoisotopic (exact) mass is 871 g/mol. The number of hydrogen-bond donors (Lipinski definition) is 0. The second kappa shape index (κ2) is 51.3. The molecular weight excluding hydrogens is 769 g/mol. The lowest BCUT2D eigenvalue weighted by molar-refractivity contribution is -0.167. The number of carbonyl (C=O) groups is 3. The summed E-state index contributed by atoms with van der Waals surface area (Å²) in [6.07, 6.45) is 59.8. The van der Waals surface area contributed by atoms with Gasteiger partial charge in [0.15, 0.2) is 6.10 Å². The number of hydrogen-bond acceptors (Lipinski definition) is 6. The maximum Gasteiger partial charge on any atom is 0.306 e. The van der Waals surface area contributed by atoms with Crippen LogP contribution in [0.4, 0.5) is 0 Å². The van der Waals surface area contributed by atoms with Crippen molar-refractivity contribution in [2.75, 3.05) is 13.2 Å². The first-order valence-electron chi connectivity index (χ1n) is 27.0. The van der Waals surface area contributed by atoms with Crippen molar-refractivity contribution in [3.05, 3.63) is 36.5 Å². The highest BCUT2D eigenvalue weighted by molar-refractivity contribution is 5.71. The fourth-order valence-electron chi connectivity index (χ4n) is 7.76. The molecule has 0 aromatic rings. The van der Waals surface area contributed by atoms with E-state index in [-0.39, 0.29) is 31.1 Å². The molecule has 0 radical (unpaired) electrons. The van der Waals surface area contributed by atoms with Gasteiger partial charge in [0.25, 0.3) is 0 Å². The van der Waals surface area contributed by atoms with Crippen LogP contribution in [0.3, 0.4) is 0 Å². The minimum Gasteiger partial charge on any atom is -0.462 e. The molecule has 6 nitrogen and oxygen atoms in total. The Balaban J connectivity index is 4.33. The van der Waals surface area contributed by atoms with Crippen LogP contribution in [0.1, 0.15) is 284 Å². The van der Waals surface area contributed by atoms with E-state index in [4.69, 9.17) is 14.2 Å². The number of esters is 3. The van der Waals surface area contributed by atoms with Crippen LogP contribution in [0, 0.1) is 0 Å². The molecule has 0 rings (SSSR count). The van der Waals surface area contributed by atoms with Gasteiger partial charge in [-0.25, -0.2) is 0 Å². The van der Waals surface area contributed by atoms with Gasteiger partial charge >= 0.3 is 17.9 Å². The number of ether oxygens (including phenoxy) is 3. The second-order valence-electron chi connectivity index (χ2n) is 18.1. The van der Waals surface area contributed by atoms with Crippen molar-refractivity contribution >= 4 is 17.9 Å². The van der Waals surface area contributed by atoms with Crippen LogP contribution in [-0.2, 0) is 28.6 Å². The van der Waals surface area contributed by atoms with Gasteiger partial charge in [0.1, 0.15) is 13.2 Å². The lowest BCUT2D eigenvalue weighted by Crippen LogP contribution is -2.30. The van der Waals surface area contributed by atoms with Crippen LogP contribution < -0.4 is 0 Å². The molecule has 6 heteroatoms. The molecule has 0 heterocycles. The van der Waals surface area contributed by atoms with E-state index in [1.54, 1.807) is 0 Å². The van der Waals surface area contributed by atoms with Crippen molar-refractivity contribution in [3.63, 3.8) is 0 Å². The van der Waals surface area contributed by atoms with Gasteiger partial charge < -0.3 is 14.2 Å². The topological polar surface area (TPSA) is 78.9 Å². The molecule has 0 saturated carbocycles. The van der Waals surface area contributed by atoms with E-state index >= 15 is 0 Å². The summed E-state index contributed by atoms with van der Waals surface area (Å²) in [6, 6.07) is 0. The van der Waals surface area contributed by atoms with Gasteiger partial charge in [0.2, 0.25) is 0 Å². The van der Waals surface area contributed by atoms with Crippen LogP contribution in [-0.4, -0.2) is 37.2 Å². The smallest absolute Gasteiger partial charge is 0.306 e. The molecule has 0 N–H and O–H groups in total. The van der Waals surface area contributed by atoms with Gasteiger partial charge in [-0.3, -0.25) is 14.4 Å². The molecule has 0 amide bonds. The Bertz CT molecular complexity index is 1050. The summed E-state index contributed by atoms with van der Waals surface area (Å²) < 4.78 is 16.8. The van der Waals surface area contributed by atoms with Gasteiger partial charge in [-0.05, 0) is 77.0 Å². The van der Waals surface area contributed by atoms with Crippen LogP contribution in [0.5, 0.6) is 0 Å². The van der Waals surface area contributed by atoms with E-state index in [2.05, 4.69) is 57.2 Å². The molecule has 0 aromatic heterocycles. The standard InChI is InChI=1S/C56H102O6/c1-4-7-10-13-16-19-22-24-26-28-30-32-34-37-40-43-46-49-55(58)61-52-53(51-60-54(57)48-45-42-39-36-21-18-15-12-9-6-3)62-56(59)50-47-44-41-38-35-33-31-29-27-25-23-20-17-14-11-8-5-2/h16,19,24-27,53H,4-15,17-18,20-23,28-52H2,1-3H3/b19-16-,26-24-,27-25-. The van der Waals surface area contributed by atoms with E-state index in [0.29, 0.717) is 19.3 Å². The minimum absolute atomic E-state index is 0.0736. The first-order valence-corrected chi connectivity index (χ1v) is 27.0. The van der Waals surface area contributed by atoms with Crippen LogP contribution in [0.2, 0.25) is 0 Å². The maximum atomic E-state index is 12.8. The summed E-state index contributed by atoms with van der Waals surface area (Å²) in [4.78, 5) is 38.0. The molecule has 362 valence electrons. The number of carbonyl (C=O) groups excluding carboxylic acids is 3. The SMILES string of the molecule is CCCCC/C=C\C/C=C\CCCCCCCCCC(=O)OCC(COC(=O)CCCCCCCCCCCC)OC(=O)CCCCCCCCC/C=C\CCCCCCCC. The average Bonchev–Trinajstić information content (AvgIpc) is 3.27. The summed E-state index contributed by atoms with van der Waals surface area (Å²) >= 11 is 0. The summed E-state index contributed by atoms with van der Waals surface area (Å²) in [5.41, 5.74) is 0. The molecule has 0 spiro atoms. The van der Waals surface area contributed by atoms with Crippen LogP contribution >= 0.6 is 0 Å². The minimum atomic E-state index is -0.773. The van der Waals surface area contributed by atoms with Crippen molar-refractivity contribution in [1.82, 2.24) is 0 Å². The molecule has 0 aromatic carbocycles. The highest BCUT2D eigenvalue weighted by Gasteiger charge is 2.19. The summed E-state index contributed by atoms with van der Waals surface area (Å²) in [5, 5.41) is 0. The lowest BCUT2D eigenvalue weighted by atomic mass is 10.1. The van der Waals surface area contributed by atoms with E-state index in [1.165, 1.54) is 173 Å². The maximum absolute atomic E-state index is 12.8. The Kier molecular flexibility index (Phi) is 49.3. The normalized spacial score (nSPS) is 12.2. The van der Waals surface area contributed by atoms with Gasteiger partial charge in [0, 0.05) is 19.3 Å². The van der Waals surface area contributed by atoms with Crippen molar-refractivity contribution in [3.8, 4) is 0 Å². The third-order valence-electron chi connectivity index (χ3n) is 11.9. The summed E-state index contributed by atoms with van der Waals surface area (Å²) in [6.45, 7) is 6.61. The Morgan fingerprint density at radius 1 is 0.323 bits per heavy atom. The molecular formula is C56H102O6. The molecule has 0 aliphatic carbocycles. The van der Waals surface area contributed by atoms with Gasteiger partial charge in [-0.1, -0.05) is 224 Å². The number of rotatable bonds is 49. The molecule has 0 bridgehead atoms. The number of unbranched alkanes of at least 4 members (excludes halogenated alkanes) is 32. The van der Waals surface area contributed by atoms with Crippen molar-refractivity contribution < 1.29 is 28.6 Å². The molecule has 1 atom stereocenters. The predicted octanol–water partition coefficient (Wildman–Crippen LogP) is 17.7. The Morgan fingerprint density at radius 2 is 0.581 bits per heavy atom. The molecule has 1 unspecified atom stereocenters. The zero-order valence-corrected chi connectivity index (χ0v) is 41.4. The van der Waals surface area contributed by atoms with Crippen molar-refractivity contribution in [2.45, 2.75) is 290 Å². The Hall–Kier alpha value is -2.37. The average molecular weight is 871 g/mol. The number of allylic oxidation sites excluding steroid dienone is 6. The summed E-state index contributed by atoms with van der Waals surface area (Å²) in [5.74, 6) is -0.876. The second-order valence-corrected chi connectivity index (χ2v) is 18.1. The largest absolute Gasteiger partial charge is 0.462 e. The fourth-order valence-corrected chi connectivity index (χ4v) is 7.76. The quantitative estimate of drug-likeness (QED) is 0.0262. The van der Waals surface area contributed by atoms with E-state index in [0.717, 1.165) is 70.6 Å². The van der Waals surface area contributed by atoms with Gasteiger partial charge in [-0.15, -0.1) is 0 Å². The highest BCUT2D eigenvalue weighted by atomic mass is 16.6. The molecule has 0 aliphatic heterocycles. The Morgan fingerprint density at radius 3 is 0.935 bits per heavy atom. The Labute approximate surface area is 385 Å². The first kappa shape index (κ1) is 59.6. The zero-order valence-electron chi connectivity index (χ0n) is 41.4. The van der Waals surface area contributed by atoms with Crippen molar-refractivity contribution in [2.24, 2.45) is 0 Å². The molecule has 0 aliphatic rings. The van der Waals surface area contributed by atoms with E-state index in [1.807, 2.05) is 0 Å². The molecule has 62 heavy (non-hydrogen) atoms. The highest BCUT2D eigenvalue weighted by Crippen LogP contribution is 2.15. The third-order valence-corrected chi connectivity index (χ3v) is 11.9. The molecule has 0 fully saturated rings. The zero-order chi connectivity index (χ0) is 45.1. The van der Waals surface area contributed by atoms with Gasteiger partial charge in [0.05, 0.1) is 0 Å². The van der Waals surface area contributed by atoms with Crippen molar-refractivity contribution in [1.29, 1.82) is 0 Å². The first-order chi connectivity index (χ1) is 30.5. The third kappa shape index (κ3) is 48.7. The molecule has 0 saturated heterocycles. The van der Waals surface area contributed by atoms with Crippen LogP contribution in [0.15, 0.2) is 36.5 Å². The van der Waals surface area contributed by atoms with Crippen LogP contribution in [0.25, 0.3) is 0 Å². The fraction of sp³-hybridized carbons (Fsp3) is 0.839. The summed E-state index contributed by atoms with van der Waals surface area (Å²) in [7, 11) is 0. The predicted molar refractivity (Wildman–Crippen MR) is 266 cm³/mol. The lowest BCUT2D eigenvalue weighted by Gasteiger charge is -2.18. The van der Waals surface area contributed by atoms with Gasteiger partial charge in [-0.2, -0.15) is 0 Å². The van der Waals surface area contributed by atoms with E-state index < -0.39 is 6.10 Å².